The van der Waals surface area contributed by atoms with Crippen LogP contribution in [0.4, 0.5) is 0 Å². The van der Waals surface area contributed by atoms with Crippen molar-refractivity contribution in [1.82, 2.24) is 5.32 Å². The summed E-state index contributed by atoms with van der Waals surface area (Å²) < 4.78 is 0. The number of primary amides is 1. The van der Waals surface area contributed by atoms with E-state index < -0.39 is 0 Å². The molecule has 4 bridgehead atoms. The van der Waals surface area contributed by atoms with Crippen LogP contribution in [0.25, 0.3) is 0 Å². The zero-order valence-corrected chi connectivity index (χ0v) is 9.17. The molecule has 0 aliphatic heterocycles. The normalized spacial score (nSPS) is 47.1. The number of amides is 1. The third-order valence-electron chi connectivity index (χ3n) is 4.68. The Balaban J connectivity index is 1.72. The van der Waals surface area contributed by atoms with Crippen LogP contribution in [-0.2, 0) is 4.79 Å². The standard InChI is InChI=1S/C12H20N2O/c13-11(15)7-14-12-4-8-1-9(5-12)3-10(2-8)6-12/h8-10,14H,1-7H2,(H2,13,15). The SMILES string of the molecule is NC(=O)CNC12CC3CC(CC(C3)C1)C2. The van der Waals surface area contributed by atoms with Gasteiger partial charge in [0.05, 0.1) is 6.54 Å². The van der Waals surface area contributed by atoms with Gasteiger partial charge < -0.3 is 11.1 Å². The van der Waals surface area contributed by atoms with Crippen molar-refractivity contribution in [3.63, 3.8) is 0 Å². The molecule has 0 aromatic heterocycles. The van der Waals surface area contributed by atoms with Gasteiger partial charge >= 0.3 is 0 Å². The Hall–Kier alpha value is -0.570. The Morgan fingerprint density at radius 3 is 2.00 bits per heavy atom. The predicted molar refractivity (Wildman–Crippen MR) is 58.1 cm³/mol. The van der Waals surface area contributed by atoms with E-state index in [2.05, 4.69) is 5.32 Å². The highest BCUT2D eigenvalue weighted by molar-refractivity contribution is 5.76. The molecule has 3 N–H and O–H groups in total. The highest BCUT2D eigenvalue weighted by Crippen LogP contribution is 2.55. The summed E-state index contributed by atoms with van der Waals surface area (Å²) in [6, 6.07) is 0. The van der Waals surface area contributed by atoms with Crippen LogP contribution in [0.1, 0.15) is 38.5 Å². The van der Waals surface area contributed by atoms with E-state index in [4.69, 9.17) is 5.73 Å². The van der Waals surface area contributed by atoms with Gasteiger partial charge in [0.1, 0.15) is 0 Å². The maximum Gasteiger partial charge on any atom is 0.231 e. The first-order valence-electron chi connectivity index (χ1n) is 6.18. The highest BCUT2D eigenvalue weighted by atomic mass is 16.1. The van der Waals surface area contributed by atoms with Gasteiger partial charge in [0.2, 0.25) is 5.91 Å². The van der Waals surface area contributed by atoms with Crippen LogP contribution < -0.4 is 11.1 Å². The first kappa shape index (κ1) is 9.64. The Labute approximate surface area is 90.8 Å². The predicted octanol–water partition coefficient (Wildman–Crippen LogP) is 1.03. The molecule has 0 heterocycles. The topological polar surface area (TPSA) is 55.1 Å². The summed E-state index contributed by atoms with van der Waals surface area (Å²) in [5.41, 5.74) is 5.50. The number of hydrogen-bond acceptors (Lipinski definition) is 2. The molecule has 1 amide bonds. The van der Waals surface area contributed by atoms with Gasteiger partial charge in [0, 0.05) is 5.54 Å². The fraction of sp³-hybridized carbons (Fsp3) is 0.917. The summed E-state index contributed by atoms with van der Waals surface area (Å²) in [6.45, 7) is 0.367. The summed E-state index contributed by atoms with van der Waals surface area (Å²) in [7, 11) is 0. The first-order chi connectivity index (χ1) is 7.15. The minimum Gasteiger partial charge on any atom is -0.369 e. The van der Waals surface area contributed by atoms with Crippen molar-refractivity contribution in [1.29, 1.82) is 0 Å². The van der Waals surface area contributed by atoms with Gasteiger partial charge in [-0.3, -0.25) is 4.79 Å². The van der Waals surface area contributed by atoms with Crippen LogP contribution in [-0.4, -0.2) is 18.0 Å². The van der Waals surface area contributed by atoms with E-state index in [0.29, 0.717) is 6.54 Å². The second-order valence-corrected chi connectivity index (χ2v) is 6.02. The molecule has 4 aliphatic carbocycles. The minimum absolute atomic E-state index is 0.217. The Morgan fingerprint density at radius 2 is 1.60 bits per heavy atom. The molecule has 4 rings (SSSR count). The Morgan fingerprint density at radius 1 is 1.13 bits per heavy atom. The summed E-state index contributed by atoms with van der Waals surface area (Å²) in [6.07, 6.45) is 8.18. The van der Waals surface area contributed by atoms with E-state index in [9.17, 15) is 4.79 Å². The van der Waals surface area contributed by atoms with Gasteiger partial charge in [-0.25, -0.2) is 0 Å². The van der Waals surface area contributed by atoms with Crippen molar-refractivity contribution in [2.24, 2.45) is 23.5 Å². The summed E-state index contributed by atoms with van der Waals surface area (Å²) in [4.78, 5) is 10.9. The summed E-state index contributed by atoms with van der Waals surface area (Å²) in [5, 5.41) is 3.45. The zero-order chi connectivity index (χ0) is 10.5. The number of carbonyl (C=O) groups excluding carboxylic acids is 1. The van der Waals surface area contributed by atoms with Crippen LogP contribution >= 0.6 is 0 Å². The molecule has 4 aliphatic rings. The van der Waals surface area contributed by atoms with Crippen LogP contribution in [0.2, 0.25) is 0 Å². The number of carbonyl (C=O) groups is 1. The molecule has 0 radical (unpaired) electrons. The van der Waals surface area contributed by atoms with E-state index in [1.807, 2.05) is 0 Å². The van der Waals surface area contributed by atoms with Crippen molar-refractivity contribution in [3.05, 3.63) is 0 Å². The summed E-state index contributed by atoms with van der Waals surface area (Å²) in [5.74, 6) is 2.57. The fourth-order valence-corrected chi connectivity index (χ4v) is 4.60. The van der Waals surface area contributed by atoms with Crippen molar-refractivity contribution in [2.75, 3.05) is 6.54 Å². The zero-order valence-electron chi connectivity index (χ0n) is 9.17. The van der Waals surface area contributed by atoms with Crippen molar-refractivity contribution in [3.8, 4) is 0 Å². The van der Waals surface area contributed by atoms with Gasteiger partial charge in [-0.2, -0.15) is 0 Å². The van der Waals surface area contributed by atoms with E-state index in [0.717, 1.165) is 17.8 Å². The molecule has 3 heteroatoms. The molecule has 0 unspecified atom stereocenters. The molecule has 84 valence electrons. The average molecular weight is 208 g/mol. The second-order valence-electron chi connectivity index (χ2n) is 6.02. The third kappa shape index (κ3) is 1.67. The van der Waals surface area contributed by atoms with Gasteiger partial charge in [0.25, 0.3) is 0 Å². The van der Waals surface area contributed by atoms with E-state index in [-0.39, 0.29) is 11.4 Å². The molecule has 0 aromatic carbocycles. The van der Waals surface area contributed by atoms with Crippen LogP contribution in [0.5, 0.6) is 0 Å². The third-order valence-corrected chi connectivity index (χ3v) is 4.68. The van der Waals surface area contributed by atoms with Gasteiger partial charge in [-0.1, -0.05) is 0 Å². The lowest BCUT2D eigenvalue weighted by molar-refractivity contribution is -0.118. The molecular formula is C12H20N2O. The number of hydrogen-bond donors (Lipinski definition) is 2. The molecule has 0 aromatic rings. The van der Waals surface area contributed by atoms with Crippen LogP contribution in [0.15, 0.2) is 0 Å². The Bertz CT molecular complexity index is 252. The minimum atomic E-state index is -0.217. The molecular weight excluding hydrogens is 188 g/mol. The van der Waals surface area contributed by atoms with Gasteiger partial charge in [-0.15, -0.1) is 0 Å². The maximum atomic E-state index is 10.9. The maximum absolute atomic E-state index is 10.9. The van der Waals surface area contributed by atoms with Crippen molar-refractivity contribution in [2.45, 2.75) is 44.1 Å². The number of rotatable bonds is 3. The molecule has 0 saturated heterocycles. The number of nitrogens with two attached hydrogens (primary N) is 1. The lowest BCUT2D eigenvalue weighted by Crippen LogP contribution is -2.59. The average Bonchev–Trinajstić information content (AvgIpc) is 2.12. The highest BCUT2D eigenvalue weighted by Gasteiger charge is 2.50. The molecule has 15 heavy (non-hydrogen) atoms. The molecule has 4 saturated carbocycles. The second kappa shape index (κ2) is 3.21. The van der Waals surface area contributed by atoms with Crippen molar-refractivity contribution >= 4 is 5.91 Å². The lowest BCUT2D eigenvalue weighted by atomic mass is 9.53. The summed E-state index contributed by atoms with van der Waals surface area (Å²) >= 11 is 0. The largest absolute Gasteiger partial charge is 0.369 e. The van der Waals surface area contributed by atoms with E-state index >= 15 is 0 Å². The monoisotopic (exact) mass is 208 g/mol. The smallest absolute Gasteiger partial charge is 0.231 e. The fourth-order valence-electron chi connectivity index (χ4n) is 4.60. The van der Waals surface area contributed by atoms with Crippen molar-refractivity contribution < 1.29 is 4.79 Å². The number of nitrogens with one attached hydrogen (secondary N) is 1. The van der Waals surface area contributed by atoms with E-state index in [1.165, 1.54) is 38.5 Å². The van der Waals surface area contributed by atoms with Crippen LogP contribution in [0.3, 0.4) is 0 Å². The molecule has 3 nitrogen and oxygen atoms in total. The Kier molecular flexibility index (Phi) is 2.06. The molecule has 0 atom stereocenters. The van der Waals surface area contributed by atoms with Crippen LogP contribution in [0, 0.1) is 17.8 Å². The molecule has 0 spiro atoms. The molecule has 4 fully saturated rings. The van der Waals surface area contributed by atoms with E-state index in [1.54, 1.807) is 0 Å². The quantitative estimate of drug-likeness (QED) is 0.728. The first-order valence-corrected chi connectivity index (χ1v) is 6.18. The lowest BCUT2D eigenvalue weighted by Gasteiger charge is -2.57. The van der Waals surface area contributed by atoms with Gasteiger partial charge in [0.15, 0.2) is 0 Å². The van der Waals surface area contributed by atoms with Gasteiger partial charge in [-0.05, 0) is 56.3 Å².